The normalized spacial score (nSPS) is 14.5. The minimum Gasteiger partial charge on any atom is -0.475 e. The van der Waals surface area contributed by atoms with Crippen molar-refractivity contribution < 1.29 is 9.53 Å². The molecule has 1 aromatic rings. The molecule has 0 bridgehead atoms. The molecule has 19 heavy (non-hydrogen) atoms. The maximum absolute atomic E-state index is 11.5. The van der Waals surface area contributed by atoms with Gasteiger partial charge >= 0.3 is 0 Å². The van der Waals surface area contributed by atoms with Crippen LogP contribution in [0.3, 0.4) is 0 Å². The number of hydrogen-bond acceptors (Lipinski definition) is 4. The third-order valence-electron chi connectivity index (χ3n) is 2.74. The van der Waals surface area contributed by atoms with Gasteiger partial charge in [0, 0.05) is 24.3 Å². The van der Waals surface area contributed by atoms with E-state index in [1.807, 2.05) is 26.0 Å². The van der Waals surface area contributed by atoms with E-state index in [-0.39, 0.29) is 12.0 Å². The van der Waals surface area contributed by atoms with E-state index in [1.165, 1.54) is 0 Å². The highest BCUT2D eigenvalue weighted by Gasteiger charge is 2.22. The number of nitrogens with one attached hydrogen (secondary N) is 2. The molecule has 0 saturated heterocycles. The molecule has 0 spiro atoms. The van der Waals surface area contributed by atoms with Crippen LogP contribution in [0.15, 0.2) is 18.3 Å². The second-order valence-corrected chi connectivity index (χ2v) is 5.08. The van der Waals surface area contributed by atoms with E-state index < -0.39 is 0 Å². The monoisotopic (exact) mass is 263 g/mol. The van der Waals surface area contributed by atoms with Crippen LogP contribution in [-0.2, 0) is 11.3 Å². The van der Waals surface area contributed by atoms with Gasteiger partial charge in [-0.2, -0.15) is 0 Å². The topological polar surface area (TPSA) is 63.2 Å². The molecule has 0 unspecified atom stereocenters. The van der Waals surface area contributed by atoms with Crippen LogP contribution in [0.25, 0.3) is 0 Å². The van der Waals surface area contributed by atoms with Crippen molar-refractivity contribution in [1.82, 2.24) is 15.6 Å². The maximum Gasteiger partial charge on any atom is 0.234 e. The van der Waals surface area contributed by atoms with E-state index in [0.29, 0.717) is 25.0 Å². The third kappa shape index (κ3) is 4.87. The molecule has 2 rings (SSSR count). The summed E-state index contributed by atoms with van der Waals surface area (Å²) in [7, 11) is 0. The summed E-state index contributed by atoms with van der Waals surface area (Å²) in [5, 5.41) is 6.05. The lowest BCUT2D eigenvalue weighted by molar-refractivity contribution is -0.120. The highest BCUT2D eigenvalue weighted by Crippen LogP contribution is 2.18. The minimum atomic E-state index is 0.0534. The summed E-state index contributed by atoms with van der Waals surface area (Å²) in [6.07, 6.45) is 4.02. The molecule has 104 valence electrons. The second-order valence-electron chi connectivity index (χ2n) is 5.08. The van der Waals surface area contributed by atoms with Crippen LogP contribution in [0.4, 0.5) is 0 Å². The van der Waals surface area contributed by atoms with E-state index in [2.05, 4.69) is 15.6 Å². The van der Waals surface area contributed by atoms with Gasteiger partial charge in [-0.1, -0.05) is 6.07 Å². The number of aromatic nitrogens is 1. The average Bonchev–Trinajstić information content (AvgIpc) is 3.14. The average molecular weight is 263 g/mol. The molecule has 0 radical (unpaired) electrons. The van der Waals surface area contributed by atoms with Gasteiger partial charge in [0.2, 0.25) is 11.8 Å². The van der Waals surface area contributed by atoms with Crippen molar-refractivity contribution in [1.29, 1.82) is 0 Å². The first-order valence-electron chi connectivity index (χ1n) is 6.76. The van der Waals surface area contributed by atoms with Crippen LogP contribution in [0.1, 0.15) is 32.3 Å². The van der Waals surface area contributed by atoms with Crippen molar-refractivity contribution in [2.75, 3.05) is 6.54 Å². The van der Waals surface area contributed by atoms with Gasteiger partial charge in [-0.05, 0) is 32.8 Å². The molecule has 5 heteroatoms. The summed E-state index contributed by atoms with van der Waals surface area (Å²) in [5.41, 5.74) is 0.968. The van der Waals surface area contributed by atoms with Crippen molar-refractivity contribution in [3.63, 3.8) is 0 Å². The molecule has 2 N–H and O–H groups in total. The zero-order valence-corrected chi connectivity index (χ0v) is 11.5. The summed E-state index contributed by atoms with van der Waals surface area (Å²) >= 11 is 0. The van der Waals surface area contributed by atoms with Gasteiger partial charge in [0.15, 0.2) is 0 Å². The highest BCUT2D eigenvalue weighted by atomic mass is 16.5. The Balaban J connectivity index is 1.79. The maximum atomic E-state index is 11.5. The summed E-state index contributed by atoms with van der Waals surface area (Å²) < 4.78 is 5.63. The Kier molecular flexibility index (Phi) is 4.74. The van der Waals surface area contributed by atoms with E-state index >= 15 is 0 Å². The fraction of sp³-hybridized carbons (Fsp3) is 0.571. The lowest BCUT2D eigenvalue weighted by Gasteiger charge is -2.13. The Bertz CT molecular complexity index is 430. The van der Waals surface area contributed by atoms with Gasteiger partial charge in [-0.3, -0.25) is 4.79 Å². The predicted molar refractivity (Wildman–Crippen MR) is 72.9 cm³/mol. The van der Waals surface area contributed by atoms with Gasteiger partial charge in [0.05, 0.1) is 12.6 Å². The van der Waals surface area contributed by atoms with Gasteiger partial charge in [0.1, 0.15) is 0 Å². The molecule has 0 aliphatic heterocycles. The zero-order chi connectivity index (χ0) is 13.7. The number of rotatable bonds is 7. The molecule has 0 atom stereocenters. The summed E-state index contributed by atoms with van der Waals surface area (Å²) in [4.78, 5) is 15.7. The first-order valence-corrected chi connectivity index (χ1v) is 6.76. The van der Waals surface area contributed by atoms with E-state index in [4.69, 9.17) is 4.74 Å². The first kappa shape index (κ1) is 13.8. The van der Waals surface area contributed by atoms with Crippen molar-refractivity contribution in [3.8, 4) is 5.88 Å². The predicted octanol–water partition coefficient (Wildman–Crippen LogP) is 1.24. The Morgan fingerprint density at radius 1 is 1.53 bits per heavy atom. The van der Waals surface area contributed by atoms with Gasteiger partial charge < -0.3 is 15.4 Å². The number of amides is 1. The summed E-state index contributed by atoms with van der Waals surface area (Å²) in [6.45, 7) is 4.84. The summed E-state index contributed by atoms with van der Waals surface area (Å²) in [5.74, 6) is 0.685. The van der Waals surface area contributed by atoms with Crippen molar-refractivity contribution in [3.05, 3.63) is 23.9 Å². The Hall–Kier alpha value is -1.62. The Morgan fingerprint density at radius 2 is 2.32 bits per heavy atom. The first-order chi connectivity index (χ1) is 9.15. The van der Waals surface area contributed by atoms with Crippen LogP contribution >= 0.6 is 0 Å². The molecule has 1 saturated carbocycles. The lowest BCUT2D eigenvalue weighted by atomic mass is 10.2. The van der Waals surface area contributed by atoms with Gasteiger partial charge in [-0.15, -0.1) is 0 Å². The summed E-state index contributed by atoms with van der Waals surface area (Å²) in [6, 6.07) is 4.23. The fourth-order valence-electron chi connectivity index (χ4n) is 1.71. The van der Waals surface area contributed by atoms with Crippen LogP contribution < -0.4 is 15.4 Å². The number of pyridine rings is 1. The molecular formula is C14H21N3O2. The minimum absolute atomic E-state index is 0.0534. The van der Waals surface area contributed by atoms with Crippen LogP contribution in [0.5, 0.6) is 5.88 Å². The van der Waals surface area contributed by atoms with Gasteiger partial charge in [-0.25, -0.2) is 4.98 Å². The Labute approximate surface area is 113 Å². The molecule has 1 aliphatic carbocycles. The molecule has 1 heterocycles. The quantitative estimate of drug-likeness (QED) is 0.777. The number of nitrogens with zero attached hydrogens (tertiary/aromatic N) is 1. The molecule has 0 aromatic carbocycles. The lowest BCUT2D eigenvalue weighted by Crippen LogP contribution is -2.34. The fourth-order valence-corrected chi connectivity index (χ4v) is 1.71. The van der Waals surface area contributed by atoms with E-state index in [1.54, 1.807) is 6.20 Å². The third-order valence-corrected chi connectivity index (χ3v) is 2.74. The molecule has 5 nitrogen and oxygen atoms in total. The molecule has 1 fully saturated rings. The standard InChI is InChI=1S/C14H21N3O2/c1-10(2)19-14-11(4-3-7-16-14)8-15-9-13(18)17-12-5-6-12/h3-4,7,10,12,15H,5-6,8-9H2,1-2H3,(H,17,18). The second kappa shape index (κ2) is 6.52. The van der Waals surface area contributed by atoms with Crippen molar-refractivity contribution in [2.24, 2.45) is 0 Å². The molecule has 1 aliphatic rings. The van der Waals surface area contributed by atoms with E-state index in [9.17, 15) is 4.79 Å². The van der Waals surface area contributed by atoms with Crippen molar-refractivity contribution >= 4 is 5.91 Å². The largest absolute Gasteiger partial charge is 0.475 e. The SMILES string of the molecule is CC(C)Oc1ncccc1CNCC(=O)NC1CC1. The van der Waals surface area contributed by atoms with Crippen molar-refractivity contribution in [2.45, 2.75) is 45.4 Å². The molecule has 1 aromatic heterocycles. The number of carbonyl (C=O) groups is 1. The van der Waals surface area contributed by atoms with Crippen LogP contribution in [0.2, 0.25) is 0 Å². The zero-order valence-electron chi connectivity index (χ0n) is 11.5. The molecule has 1 amide bonds. The Morgan fingerprint density at radius 3 is 3.00 bits per heavy atom. The molecular weight excluding hydrogens is 242 g/mol. The number of carbonyl (C=O) groups excluding carboxylic acids is 1. The number of hydrogen-bond donors (Lipinski definition) is 2. The van der Waals surface area contributed by atoms with Crippen LogP contribution in [-0.4, -0.2) is 29.6 Å². The highest BCUT2D eigenvalue weighted by molar-refractivity contribution is 5.78. The number of ether oxygens (including phenoxy) is 1. The van der Waals surface area contributed by atoms with Crippen LogP contribution in [0, 0.1) is 0 Å². The van der Waals surface area contributed by atoms with Gasteiger partial charge in [0.25, 0.3) is 0 Å². The smallest absolute Gasteiger partial charge is 0.234 e. The van der Waals surface area contributed by atoms with E-state index in [0.717, 1.165) is 18.4 Å².